The zero-order valence-electron chi connectivity index (χ0n) is 20.5. The lowest BCUT2D eigenvalue weighted by molar-refractivity contribution is -0.143. The number of alkyl halides is 6. The summed E-state index contributed by atoms with van der Waals surface area (Å²) >= 11 is 1.03. The van der Waals surface area contributed by atoms with Gasteiger partial charge in [0.05, 0.1) is 22.6 Å². The lowest BCUT2D eigenvalue weighted by Crippen LogP contribution is -2.36. The number of rotatable bonds is 6. The van der Waals surface area contributed by atoms with Crippen molar-refractivity contribution < 1.29 is 41.0 Å². The number of aliphatic imine (C=N–C) groups is 1. The third-order valence-corrected chi connectivity index (χ3v) is 8.11. The third kappa shape index (κ3) is 7.10. The number of aliphatic hydroxyl groups is 1. The van der Waals surface area contributed by atoms with Crippen molar-refractivity contribution in [2.75, 3.05) is 39.5 Å². The predicted octanol–water partition coefficient (Wildman–Crippen LogP) is 5.46. The number of likely N-dealkylation sites (tertiary alicyclic amines) is 1. The molecular weight excluding hydrogens is 536 g/mol. The van der Waals surface area contributed by atoms with Gasteiger partial charge in [0.2, 0.25) is 0 Å². The molecular formula is C25H29F6N3O3S. The summed E-state index contributed by atoms with van der Waals surface area (Å²) in [6, 6.07) is 1.77. The molecule has 3 aliphatic heterocycles. The van der Waals surface area contributed by atoms with Gasteiger partial charge in [-0.1, -0.05) is 12.1 Å². The molecule has 0 radical (unpaired) electrons. The quantitative estimate of drug-likeness (QED) is 0.448. The van der Waals surface area contributed by atoms with E-state index in [9.17, 15) is 36.2 Å². The maximum absolute atomic E-state index is 13.5. The summed E-state index contributed by atoms with van der Waals surface area (Å²) in [6.45, 7) is 2.23. The highest BCUT2D eigenvalue weighted by molar-refractivity contribution is 8.18. The van der Waals surface area contributed by atoms with Gasteiger partial charge in [0, 0.05) is 31.7 Å². The maximum Gasteiger partial charge on any atom is 0.416 e. The van der Waals surface area contributed by atoms with E-state index in [4.69, 9.17) is 4.74 Å². The monoisotopic (exact) mass is 565 g/mol. The van der Waals surface area contributed by atoms with Crippen molar-refractivity contribution in [2.24, 2.45) is 16.3 Å². The first-order chi connectivity index (χ1) is 17.9. The van der Waals surface area contributed by atoms with Gasteiger partial charge in [-0.15, -0.1) is 0 Å². The van der Waals surface area contributed by atoms with Crippen LogP contribution in [0, 0.1) is 11.3 Å². The molecule has 3 heterocycles. The highest BCUT2D eigenvalue weighted by Crippen LogP contribution is 2.38. The van der Waals surface area contributed by atoms with Crippen LogP contribution >= 0.6 is 11.8 Å². The summed E-state index contributed by atoms with van der Waals surface area (Å²) in [5.74, 6) is 0.526. The number of benzene rings is 1. The third-order valence-electron chi connectivity index (χ3n) is 7.27. The second-order valence-corrected chi connectivity index (χ2v) is 11.0. The van der Waals surface area contributed by atoms with E-state index in [1.54, 1.807) is 4.90 Å². The Morgan fingerprint density at radius 2 is 1.82 bits per heavy atom. The summed E-state index contributed by atoms with van der Waals surface area (Å²) in [5.41, 5.74) is -3.17. The van der Waals surface area contributed by atoms with Gasteiger partial charge in [-0.3, -0.25) is 14.7 Å². The number of carbonyl (C=O) groups excluding carboxylic acids is 1. The van der Waals surface area contributed by atoms with Crippen LogP contribution in [-0.2, 0) is 23.6 Å². The fourth-order valence-corrected chi connectivity index (χ4v) is 5.69. The fourth-order valence-electron chi connectivity index (χ4n) is 4.87. The number of ether oxygens (including phenoxy) is 1. The first kappa shape index (κ1) is 28.9. The summed E-state index contributed by atoms with van der Waals surface area (Å²) in [4.78, 5) is 19.1. The minimum atomic E-state index is -4.90. The number of nitrogens with one attached hydrogen (secondary N) is 1. The zero-order valence-corrected chi connectivity index (χ0v) is 21.3. The minimum Gasteiger partial charge on any atom is -0.396 e. The Morgan fingerprint density at radius 3 is 2.42 bits per heavy atom. The zero-order chi connectivity index (χ0) is 27.6. The van der Waals surface area contributed by atoms with Gasteiger partial charge < -0.3 is 15.2 Å². The van der Waals surface area contributed by atoms with Crippen LogP contribution in [0.2, 0.25) is 0 Å². The molecule has 3 aliphatic rings. The number of aliphatic hydroxyl groups excluding tert-OH is 1. The van der Waals surface area contributed by atoms with Gasteiger partial charge in [-0.25, -0.2) is 0 Å². The molecule has 0 spiro atoms. The lowest BCUT2D eigenvalue weighted by atomic mass is 9.81. The molecule has 0 bridgehead atoms. The van der Waals surface area contributed by atoms with Gasteiger partial charge in [0.1, 0.15) is 5.84 Å². The molecule has 3 saturated heterocycles. The van der Waals surface area contributed by atoms with Gasteiger partial charge >= 0.3 is 12.4 Å². The van der Waals surface area contributed by atoms with Crippen LogP contribution in [0.25, 0.3) is 0 Å². The Bertz CT molecular complexity index is 1080. The molecule has 6 nitrogen and oxygen atoms in total. The normalized spacial score (nSPS) is 23.8. The van der Waals surface area contributed by atoms with Crippen LogP contribution in [0.1, 0.15) is 42.4 Å². The largest absolute Gasteiger partial charge is 0.416 e. The Kier molecular flexibility index (Phi) is 8.80. The average Bonchev–Trinajstić information content (AvgIpc) is 3.22. The van der Waals surface area contributed by atoms with Crippen molar-refractivity contribution in [3.05, 3.63) is 45.9 Å². The van der Waals surface area contributed by atoms with Crippen molar-refractivity contribution in [1.82, 2.24) is 10.2 Å². The van der Waals surface area contributed by atoms with E-state index >= 15 is 0 Å². The molecule has 4 rings (SSSR count). The molecule has 2 N–H and O–H groups in total. The van der Waals surface area contributed by atoms with Crippen LogP contribution in [-0.4, -0.2) is 60.5 Å². The summed E-state index contributed by atoms with van der Waals surface area (Å²) < 4.78 is 84.7. The smallest absolute Gasteiger partial charge is 0.396 e. The van der Waals surface area contributed by atoms with E-state index in [2.05, 4.69) is 10.3 Å². The van der Waals surface area contributed by atoms with E-state index in [0.717, 1.165) is 17.8 Å². The van der Waals surface area contributed by atoms with E-state index in [1.807, 2.05) is 6.08 Å². The van der Waals surface area contributed by atoms with Crippen LogP contribution in [0.4, 0.5) is 31.1 Å². The number of amidine groups is 1. The summed E-state index contributed by atoms with van der Waals surface area (Å²) in [7, 11) is 0. The van der Waals surface area contributed by atoms with Gasteiger partial charge in [-0.2, -0.15) is 26.3 Å². The van der Waals surface area contributed by atoms with Crippen LogP contribution in [0.15, 0.2) is 34.2 Å². The first-order valence-corrected chi connectivity index (χ1v) is 13.1. The van der Waals surface area contributed by atoms with Crippen molar-refractivity contribution >= 4 is 22.8 Å². The second-order valence-electron chi connectivity index (χ2n) is 9.96. The molecule has 0 atom stereocenters. The Hall–Kier alpha value is -2.09. The van der Waals surface area contributed by atoms with Gasteiger partial charge in [0.25, 0.3) is 5.24 Å². The van der Waals surface area contributed by atoms with Gasteiger partial charge in [0.15, 0.2) is 0 Å². The number of carbonyl (C=O) groups is 1. The number of hydrogen-bond acceptors (Lipinski definition) is 6. The maximum atomic E-state index is 13.5. The van der Waals surface area contributed by atoms with Crippen molar-refractivity contribution in [2.45, 2.75) is 44.6 Å². The van der Waals surface area contributed by atoms with Crippen LogP contribution in [0.3, 0.4) is 0 Å². The Morgan fingerprint density at radius 1 is 1.13 bits per heavy atom. The summed E-state index contributed by atoms with van der Waals surface area (Å²) in [5, 5.41) is 12.4. The van der Waals surface area contributed by atoms with E-state index in [1.165, 1.54) is 0 Å². The number of thioether (sulfide) groups is 1. The molecule has 1 aromatic carbocycles. The number of hydrogen-bond donors (Lipinski definition) is 2. The van der Waals surface area contributed by atoms with E-state index in [-0.39, 0.29) is 41.4 Å². The highest BCUT2D eigenvalue weighted by atomic mass is 32.2. The molecule has 0 saturated carbocycles. The lowest BCUT2D eigenvalue weighted by Gasteiger charge is -2.34. The molecule has 13 heteroatoms. The minimum absolute atomic E-state index is 0.0271. The first-order valence-electron chi connectivity index (χ1n) is 12.3. The fraction of sp³-hybridized carbons (Fsp3) is 0.600. The molecule has 38 heavy (non-hydrogen) atoms. The molecule has 1 amide bonds. The Balaban J connectivity index is 1.40. The van der Waals surface area contributed by atoms with Crippen molar-refractivity contribution in [3.63, 3.8) is 0 Å². The molecule has 210 valence electrons. The van der Waals surface area contributed by atoms with Crippen molar-refractivity contribution in [1.29, 1.82) is 0 Å². The SMILES string of the molecule is O=C1NC(=NCC2(CO)CCOCC2)/C(=C/C2CCN(Cc3ccc(C(F)(F)F)cc3C(F)(F)F)CC2)S1. The topological polar surface area (TPSA) is 74.2 Å². The number of nitrogens with zero attached hydrogens (tertiary/aromatic N) is 2. The summed E-state index contributed by atoms with van der Waals surface area (Å²) in [6.07, 6.45) is -5.22. The molecule has 0 unspecified atom stereocenters. The predicted molar refractivity (Wildman–Crippen MR) is 131 cm³/mol. The standard InChI is InChI=1S/C25H29F6N3O3S/c26-24(27,28)18-2-1-17(19(12-18)25(29,30)31)13-34-7-3-16(4-8-34)11-20-21(33-22(36)38-20)32-14-23(15-35)5-9-37-10-6-23/h1-2,11-12,16,35H,3-10,13-15H2,(H,32,33,36)/b20-11-. The molecule has 3 fully saturated rings. The van der Waals surface area contributed by atoms with Crippen molar-refractivity contribution in [3.8, 4) is 0 Å². The molecule has 1 aromatic rings. The Labute approximate surface area is 220 Å². The second kappa shape index (κ2) is 11.6. The number of amides is 1. The van der Waals surface area contributed by atoms with E-state index in [0.29, 0.717) is 75.3 Å². The molecule has 0 aliphatic carbocycles. The van der Waals surface area contributed by atoms with Crippen LogP contribution < -0.4 is 5.32 Å². The number of halogens is 6. The number of allylic oxidation sites excluding steroid dienone is 1. The average molecular weight is 566 g/mol. The van der Waals surface area contributed by atoms with Gasteiger partial charge in [-0.05, 0) is 74.1 Å². The highest BCUT2D eigenvalue weighted by Gasteiger charge is 2.38. The van der Waals surface area contributed by atoms with E-state index < -0.39 is 23.5 Å². The molecule has 0 aromatic heterocycles. The van der Waals surface area contributed by atoms with Crippen LogP contribution in [0.5, 0.6) is 0 Å². The number of piperidine rings is 1.